The molecule has 1 unspecified atom stereocenters. The Morgan fingerprint density at radius 2 is 2.20 bits per heavy atom. The Bertz CT molecular complexity index is 68.6. The second-order valence-corrected chi connectivity index (χ2v) is 2.35. The lowest BCUT2D eigenvalue weighted by Gasteiger charge is -2.08. The molecule has 3 nitrogen and oxygen atoms in total. The quantitative estimate of drug-likeness (QED) is 0.445. The maximum absolute atomic E-state index is 9.17. The largest absolute Gasteiger partial charge is 0.392 e. The Kier molecular flexibility index (Phi) is 6.91. The summed E-state index contributed by atoms with van der Waals surface area (Å²) in [5.74, 6) is 0. The Labute approximate surface area is 62.8 Å². The minimum atomic E-state index is -0.205. The molecule has 0 aliphatic rings. The molecule has 1 atom stereocenters. The standard InChI is InChI=1S/C7H18N2O/c1-3-9-5-4-7(10)6-8-2/h7-10H,3-6H2,1-2H3. The topological polar surface area (TPSA) is 44.3 Å². The first-order chi connectivity index (χ1) is 4.81. The molecule has 0 bridgehead atoms. The summed E-state index contributed by atoms with van der Waals surface area (Å²) >= 11 is 0. The Morgan fingerprint density at radius 1 is 1.50 bits per heavy atom. The van der Waals surface area contributed by atoms with Crippen molar-refractivity contribution in [2.75, 3.05) is 26.7 Å². The number of hydrogen-bond acceptors (Lipinski definition) is 3. The van der Waals surface area contributed by atoms with Crippen molar-refractivity contribution in [3.8, 4) is 0 Å². The monoisotopic (exact) mass is 146 g/mol. The number of nitrogens with one attached hydrogen (secondary N) is 2. The minimum Gasteiger partial charge on any atom is -0.392 e. The van der Waals surface area contributed by atoms with E-state index in [4.69, 9.17) is 0 Å². The lowest BCUT2D eigenvalue weighted by Crippen LogP contribution is -2.27. The lowest BCUT2D eigenvalue weighted by atomic mass is 10.2. The van der Waals surface area contributed by atoms with Crippen molar-refractivity contribution in [2.45, 2.75) is 19.4 Å². The molecule has 0 aromatic carbocycles. The van der Waals surface area contributed by atoms with E-state index in [2.05, 4.69) is 17.6 Å². The van der Waals surface area contributed by atoms with Crippen LogP contribution >= 0.6 is 0 Å². The highest BCUT2D eigenvalue weighted by Gasteiger charge is 1.99. The molecule has 0 heterocycles. The predicted molar refractivity (Wildman–Crippen MR) is 43.1 cm³/mol. The fourth-order valence-corrected chi connectivity index (χ4v) is 0.783. The molecule has 0 aromatic rings. The van der Waals surface area contributed by atoms with Gasteiger partial charge in [0.2, 0.25) is 0 Å². The smallest absolute Gasteiger partial charge is 0.0676 e. The van der Waals surface area contributed by atoms with Gasteiger partial charge in [0.05, 0.1) is 6.10 Å². The molecule has 0 aromatic heterocycles. The van der Waals surface area contributed by atoms with Crippen molar-refractivity contribution in [1.29, 1.82) is 0 Å². The van der Waals surface area contributed by atoms with E-state index in [1.807, 2.05) is 7.05 Å². The molecular formula is C7H18N2O. The summed E-state index contributed by atoms with van der Waals surface area (Å²) < 4.78 is 0. The molecule has 0 radical (unpaired) electrons. The highest BCUT2D eigenvalue weighted by atomic mass is 16.3. The van der Waals surface area contributed by atoms with Gasteiger partial charge in [0, 0.05) is 6.54 Å². The summed E-state index contributed by atoms with van der Waals surface area (Å²) in [7, 11) is 1.84. The summed E-state index contributed by atoms with van der Waals surface area (Å²) in [4.78, 5) is 0. The second kappa shape index (κ2) is 6.99. The second-order valence-electron chi connectivity index (χ2n) is 2.35. The van der Waals surface area contributed by atoms with Crippen LogP contribution in [0, 0.1) is 0 Å². The SMILES string of the molecule is CCNCCC(O)CNC. The number of aliphatic hydroxyl groups excluding tert-OH is 1. The molecule has 0 saturated carbocycles. The number of likely N-dealkylation sites (N-methyl/N-ethyl adjacent to an activating group) is 1. The van der Waals surface area contributed by atoms with E-state index in [-0.39, 0.29) is 6.10 Å². The van der Waals surface area contributed by atoms with E-state index in [9.17, 15) is 5.11 Å². The van der Waals surface area contributed by atoms with Gasteiger partial charge < -0.3 is 15.7 Å². The zero-order valence-corrected chi connectivity index (χ0v) is 6.85. The zero-order valence-electron chi connectivity index (χ0n) is 6.85. The summed E-state index contributed by atoms with van der Waals surface area (Å²) in [5, 5.41) is 15.2. The zero-order chi connectivity index (χ0) is 7.82. The molecule has 10 heavy (non-hydrogen) atoms. The molecule has 0 aliphatic heterocycles. The highest BCUT2D eigenvalue weighted by Crippen LogP contribution is 1.86. The molecular weight excluding hydrogens is 128 g/mol. The van der Waals surface area contributed by atoms with E-state index in [0.29, 0.717) is 6.54 Å². The third kappa shape index (κ3) is 6.01. The van der Waals surface area contributed by atoms with Gasteiger partial charge in [-0.1, -0.05) is 6.92 Å². The maximum atomic E-state index is 9.17. The van der Waals surface area contributed by atoms with Crippen molar-refractivity contribution < 1.29 is 5.11 Å². The summed E-state index contributed by atoms with van der Waals surface area (Å²) in [5.41, 5.74) is 0. The van der Waals surface area contributed by atoms with Gasteiger partial charge in [-0.15, -0.1) is 0 Å². The molecule has 62 valence electrons. The number of aliphatic hydroxyl groups is 1. The third-order valence-electron chi connectivity index (χ3n) is 1.34. The van der Waals surface area contributed by atoms with Crippen LogP contribution in [0.5, 0.6) is 0 Å². The molecule has 0 rings (SSSR count). The molecule has 3 N–H and O–H groups in total. The van der Waals surface area contributed by atoms with Crippen molar-refractivity contribution in [3.63, 3.8) is 0 Å². The Morgan fingerprint density at radius 3 is 2.70 bits per heavy atom. The molecule has 0 aliphatic carbocycles. The first-order valence-corrected chi connectivity index (χ1v) is 3.84. The van der Waals surface area contributed by atoms with Crippen LogP contribution in [0.2, 0.25) is 0 Å². The van der Waals surface area contributed by atoms with Crippen LogP contribution < -0.4 is 10.6 Å². The van der Waals surface area contributed by atoms with Crippen LogP contribution in [0.1, 0.15) is 13.3 Å². The van der Waals surface area contributed by atoms with Gasteiger partial charge in [-0.3, -0.25) is 0 Å². The molecule has 0 fully saturated rings. The molecule has 0 saturated heterocycles. The lowest BCUT2D eigenvalue weighted by molar-refractivity contribution is 0.164. The first kappa shape index (κ1) is 9.88. The van der Waals surface area contributed by atoms with Crippen LogP contribution in [0.25, 0.3) is 0 Å². The normalized spacial score (nSPS) is 13.5. The Balaban J connectivity index is 2.97. The fraction of sp³-hybridized carbons (Fsp3) is 1.00. The van der Waals surface area contributed by atoms with Crippen LogP contribution in [0.3, 0.4) is 0 Å². The van der Waals surface area contributed by atoms with E-state index < -0.39 is 0 Å². The minimum absolute atomic E-state index is 0.205. The van der Waals surface area contributed by atoms with E-state index in [0.717, 1.165) is 19.5 Å². The van der Waals surface area contributed by atoms with Gasteiger partial charge >= 0.3 is 0 Å². The van der Waals surface area contributed by atoms with Gasteiger partial charge in [-0.05, 0) is 26.6 Å². The third-order valence-corrected chi connectivity index (χ3v) is 1.34. The van der Waals surface area contributed by atoms with Gasteiger partial charge in [-0.25, -0.2) is 0 Å². The summed E-state index contributed by atoms with van der Waals surface area (Å²) in [6.45, 7) is 4.63. The van der Waals surface area contributed by atoms with E-state index >= 15 is 0 Å². The molecule has 0 amide bonds. The fourth-order valence-electron chi connectivity index (χ4n) is 0.783. The first-order valence-electron chi connectivity index (χ1n) is 3.84. The predicted octanol–water partition coefficient (Wildman–Crippen LogP) is -0.434. The number of hydrogen-bond donors (Lipinski definition) is 3. The van der Waals surface area contributed by atoms with E-state index in [1.54, 1.807) is 0 Å². The molecule has 0 spiro atoms. The molecule has 3 heteroatoms. The summed E-state index contributed by atoms with van der Waals surface area (Å²) in [6, 6.07) is 0. The average Bonchev–Trinajstić information content (AvgIpc) is 1.89. The van der Waals surface area contributed by atoms with Gasteiger partial charge in [0.1, 0.15) is 0 Å². The summed E-state index contributed by atoms with van der Waals surface area (Å²) in [6.07, 6.45) is 0.623. The van der Waals surface area contributed by atoms with Crippen LogP contribution in [-0.4, -0.2) is 37.9 Å². The maximum Gasteiger partial charge on any atom is 0.0676 e. The number of rotatable bonds is 6. The highest BCUT2D eigenvalue weighted by molar-refractivity contribution is 4.58. The van der Waals surface area contributed by atoms with Gasteiger partial charge in [-0.2, -0.15) is 0 Å². The van der Waals surface area contributed by atoms with Crippen molar-refractivity contribution in [1.82, 2.24) is 10.6 Å². The van der Waals surface area contributed by atoms with Crippen molar-refractivity contribution >= 4 is 0 Å². The van der Waals surface area contributed by atoms with Gasteiger partial charge in [0.15, 0.2) is 0 Å². The van der Waals surface area contributed by atoms with Crippen molar-refractivity contribution in [2.24, 2.45) is 0 Å². The Hall–Kier alpha value is -0.120. The van der Waals surface area contributed by atoms with E-state index in [1.165, 1.54) is 0 Å². The van der Waals surface area contributed by atoms with Gasteiger partial charge in [0.25, 0.3) is 0 Å². The van der Waals surface area contributed by atoms with Crippen LogP contribution in [0.15, 0.2) is 0 Å². The van der Waals surface area contributed by atoms with Crippen LogP contribution in [-0.2, 0) is 0 Å². The van der Waals surface area contributed by atoms with Crippen LogP contribution in [0.4, 0.5) is 0 Å². The van der Waals surface area contributed by atoms with Crippen molar-refractivity contribution in [3.05, 3.63) is 0 Å². The average molecular weight is 146 g/mol.